The van der Waals surface area contributed by atoms with E-state index in [2.05, 4.69) is 42.7 Å². The summed E-state index contributed by atoms with van der Waals surface area (Å²) >= 11 is 6.14. The number of hydrogen-bond donors (Lipinski definition) is 0. The fraction of sp³-hybridized carbons (Fsp3) is 0.308. The molecule has 1 atom stereocenters. The Kier molecular flexibility index (Phi) is 5.30. The average molecular weight is 464 g/mol. The van der Waals surface area contributed by atoms with E-state index in [1.807, 2.05) is 24.3 Å². The third kappa shape index (κ3) is 3.36. The van der Waals surface area contributed by atoms with E-state index in [-0.39, 0.29) is 17.4 Å². The van der Waals surface area contributed by atoms with Crippen LogP contribution in [0.1, 0.15) is 42.7 Å². The van der Waals surface area contributed by atoms with Crippen molar-refractivity contribution in [2.45, 2.75) is 32.4 Å². The molecule has 0 spiro atoms. The van der Waals surface area contributed by atoms with Crippen molar-refractivity contribution >= 4 is 22.5 Å². The lowest BCUT2D eigenvalue weighted by Crippen LogP contribution is -2.37. The maximum absolute atomic E-state index is 13.4. The second-order valence-electron chi connectivity index (χ2n) is 8.89. The van der Waals surface area contributed by atoms with Gasteiger partial charge in [-0.3, -0.25) is 13.9 Å². The number of ether oxygens (including phenoxy) is 1. The number of benzene rings is 2. The molecule has 1 aliphatic rings. The number of nitrogens with zero attached hydrogens (tertiary/aromatic N) is 3. The first-order valence-electron chi connectivity index (χ1n) is 11.1. The van der Waals surface area contributed by atoms with Gasteiger partial charge in [-0.05, 0) is 34.7 Å². The molecular formula is C26H26ClN3O3. The van der Waals surface area contributed by atoms with Gasteiger partial charge in [-0.25, -0.2) is 4.79 Å². The zero-order valence-corrected chi connectivity index (χ0v) is 19.9. The highest BCUT2D eigenvalue weighted by Crippen LogP contribution is 2.40. The summed E-state index contributed by atoms with van der Waals surface area (Å²) in [5, 5.41) is 1.14. The molecule has 0 aliphatic carbocycles. The second-order valence-corrected chi connectivity index (χ2v) is 9.33. The molecule has 0 bridgehead atoms. The van der Waals surface area contributed by atoms with Gasteiger partial charge in [0.25, 0.3) is 5.56 Å². The molecule has 0 saturated carbocycles. The molecule has 3 heterocycles. The van der Waals surface area contributed by atoms with E-state index < -0.39 is 0 Å². The Morgan fingerprint density at radius 2 is 1.64 bits per heavy atom. The number of aryl methyl sites for hydroxylation is 1. The molecule has 0 amide bonds. The first-order valence-corrected chi connectivity index (χ1v) is 11.5. The first-order chi connectivity index (χ1) is 15.8. The maximum atomic E-state index is 13.4. The minimum absolute atomic E-state index is 0.311. The summed E-state index contributed by atoms with van der Waals surface area (Å²) in [6.07, 6.45) is -0.388. The standard InChI is InChI=1S/C26H26ClN3O3/c1-15(2)16-5-7-18(8-6-16)24-23-22-20(25(31)29(4)26(32)28(22)3)21(30(23)13-14-33-24)17-9-11-19(27)12-10-17/h5-12,15,24H,13-14H2,1-4H3/t24-/m1/s1. The molecule has 0 radical (unpaired) electrons. The summed E-state index contributed by atoms with van der Waals surface area (Å²) < 4.78 is 11.1. The minimum Gasteiger partial charge on any atom is -0.365 e. The van der Waals surface area contributed by atoms with Gasteiger partial charge < -0.3 is 9.30 Å². The number of rotatable bonds is 3. The lowest BCUT2D eigenvalue weighted by atomic mass is 9.98. The quantitative estimate of drug-likeness (QED) is 0.446. The fourth-order valence-electron chi connectivity index (χ4n) is 4.80. The summed E-state index contributed by atoms with van der Waals surface area (Å²) in [6.45, 7) is 5.41. The van der Waals surface area contributed by atoms with Gasteiger partial charge in [-0.15, -0.1) is 0 Å². The molecule has 0 N–H and O–H groups in total. The van der Waals surface area contributed by atoms with Crippen LogP contribution in [0, 0.1) is 0 Å². The summed E-state index contributed by atoms with van der Waals surface area (Å²) in [4.78, 5) is 26.3. The smallest absolute Gasteiger partial charge is 0.331 e. The van der Waals surface area contributed by atoms with Crippen LogP contribution in [0.5, 0.6) is 0 Å². The van der Waals surface area contributed by atoms with Gasteiger partial charge in [0, 0.05) is 25.7 Å². The van der Waals surface area contributed by atoms with Crippen molar-refractivity contribution < 1.29 is 4.74 Å². The van der Waals surface area contributed by atoms with Crippen molar-refractivity contribution in [2.24, 2.45) is 14.1 Å². The van der Waals surface area contributed by atoms with E-state index >= 15 is 0 Å². The normalized spacial score (nSPS) is 15.9. The zero-order chi connectivity index (χ0) is 23.4. The van der Waals surface area contributed by atoms with E-state index in [1.165, 1.54) is 17.2 Å². The molecule has 0 saturated heterocycles. The Hall–Kier alpha value is -3.09. The molecule has 5 rings (SSSR count). The number of hydrogen-bond acceptors (Lipinski definition) is 3. The SMILES string of the molecule is CC(C)c1ccc([C@H]2OCCn3c(-c4ccc(Cl)cc4)c4c(=O)n(C)c(=O)n(C)c4c32)cc1. The maximum Gasteiger partial charge on any atom is 0.331 e. The van der Waals surface area contributed by atoms with Crippen LogP contribution in [0.25, 0.3) is 22.2 Å². The Morgan fingerprint density at radius 1 is 0.970 bits per heavy atom. The number of fused-ring (bicyclic) bond motifs is 3. The average Bonchev–Trinajstić information content (AvgIpc) is 3.17. The Morgan fingerprint density at radius 3 is 2.27 bits per heavy atom. The van der Waals surface area contributed by atoms with Crippen molar-refractivity contribution in [3.8, 4) is 11.3 Å². The van der Waals surface area contributed by atoms with Gasteiger partial charge in [-0.2, -0.15) is 0 Å². The highest BCUT2D eigenvalue weighted by Gasteiger charge is 2.33. The van der Waals surface area contributed by atoms with E-state index in [0.29, 0.717) is 35.0 Å². The number of halogens is 1. The van der Waals surface area contributed by atoms with Gasteiger partial charge >= 0.3 is 5.69 Å². The third-order valence-corrected chi connectivity index (χ3v) is 6.83. The zero-order valence-electron chi connectivity index (χ0n) is 19.1. The van der Waals surface area contributed by atoms with Gasteiger partial charge in [0.15, 0.2) is 0 Å². The molecule has 7 heteroatoms. The summed E-state index contributed by atoms with van der Waals surface area (Å²) in [5.41, 5.74) is 4.69. The predicted octanol–water partition coefficient (Wildman–Crippen LogP) is 4.60. The van der Waals surface area contributed by atoms with Crippen LogP contribution in [0.3, 0.4) is 0 Å². The van der Waals surface area contributed by atoms with Crippen molar-refractivity contribution in [1.29, 1.82) is 0 Å². The van der Waals surface area contributed by atoms with Crippen LogP contribution in [0.15, 0.2) is 58.1 Å². The summed E-state index contributed by atoms with van der Waals surface area (Å²) in [5.74, 6) is 0.427. The number of aromatic nitrogens is 3. The van der Waals surface area contributed by atoms with Crippen LogP contribution < -0.4 is 11.2 Å². The fourth-order valence-corrected chi connectivity index (χ4v) is 4.92. The van der Waals surface area contributed by atoms with Crippen molar-refractivity contribution in [3.05, 3.63) is 91.2 Å². The summed E-state index contributed by atoms with van der Waals surface area (Å²) in [7, 11) is 3.23. The van der Waals surface area contributed by atoms with Crippen LogP contribution in [-0.4, -0.2) is 20.3 Å². The molecule has 4 aromatic rings. The van der Waals surface area contributed by atoms with Crippen LogP contribution >= 0.6 is 11.6 Å². The lowest BCUT2D eigenvalue weighted by Gasteiger charge is -2.28. The van der Waals surface area contributed by atoms with E-state index in [4.69, 9.17) is 16.3 Å². The molecular weight excluding hydrogens is 438 g/mol. The largest absolute Gasteiger partial charge is 0.365 e. The van der Waals surface area contributed by atoms with Crippen LogP contribution in [0.4, 0.5) is 0 Å². The van der Waals surface area contributed by atoms with E-state index in [0.717, 1.165) is 22.5 Å². The molecule has 170 valence electrons. The highest BCUT2D eigenvalue weighted by atomic mass is 35.5. The van der Waals surface area contributed by atoms with Crippen LogP contribution in [0.2, 0.25) is 5.02 Å². The molecule has 2 aromatic heterocycles. The molecule has 2 aromatic carbocycles. The van der Waals surface area contributed by atoms with Gasteiger partial charge in [0.2, 0.25) is 0 Å². The minimum atomic E-state index is -0.388. The highest BCUT2D eigenvalue weighted by molar-refractivity contribution is 6.30. The van der Waals surface area contributed by atoms with Gasteiger partial charge in [0.1, 0.15) is 6.10 Å². The van der Waals surface area contributed by atoms with Gasteiger partial charge in [-0.1, -0.05) is 61.8 Å². The van der Waals surface area contributed by atoms with E-state index in [1.54, 1.807) is 11.6 Å². The van der Waals surface area contributed by atoms with Crippen molar-refractivity contribution in [1.82, 2.24) is 13.7 Å². The molecule has 33 heavy (non-hydrogen) atoms. The Balaban J connectivity index is 1.86. The molecule has 1 aliphatic heterocycles. The monoisotopic (exact) mass is 463 g/mol. The first kappa shape index (κ1) is 21.7. The Labute approximate surface area is 196 Å². The van der Waals surface area contributed by atoms with Crippen molar-refractivity contribution in [2.75, 3.05) is 6.61 Å². The lowest BCUT2D eigenvalue weighted by molar-refractivity contribution is 0.0478. The summed E-state index contributed by atoms with van der Waals surface area (Å²) in [6, 6.07) is 15.9. The van der Waals surface area contributed by atoms with Gasteiger partial charge in [0.05, 0.1) is 28.9 Å². The van der Waals surface area contributed by atoms with Crippen LogP contribution in [-0.2, 0) is 25.4 Å². The second kappa shape index (κ2) is 8.04. The molecule has 0 unspecified atom stereocenters. The molecule has 6 nitrogen and oxygen atoms in total. The third-order valence-electron chi connectivity index (χ3n) is 6.58. The molecule has 0 fully saturated rings. The Bertz CT molecular complexity index is 1480. The topological polar surface area (TPSA) is 58.2 Å². The predicted molar refractivity (Wildman–Crippen MR) is 131 cm³/mol. The van der Waals surface area contributed by atoms with Crippen molar-refractivity contribution in [3.63, 3.8) is 0 Å². The van der Waals surface area contributed by atoms with E-state index in [9.17, 15) is 9.59 Å².